The smallest absolute Gasteiger partial charge is 0.267 e. The first-order valence-electron chi connectivity index (χ1n) is 9.33. The number of ether oxygens (including phenoxy) is 1. The second-order valence-electron chi connectivity index (χ2n) is 6.39. The highest BCUT2D eigenvalue weighted by Crippen LogP contribution is 2.17. The molecule has 5 nitrogen and oxygen atoms in total. The molecule has 0 aliphatic carbocycles. The van der Waals surface area contributed by atoms with E-state index in [0.29, 0.717) is 28.8 Å². The first-order valence-corrected chi connectivity index (χ1v) is 9.33. The monoisotopic (exact) mass is 381 g/mol. The minimum Gasteiger partial charge on any atom is -0.481 e. The number of fused-ring (bicyclic) bond motifs is 1. The topological polar surface area (TPSA) is 57.0 Å². The molecule has 0 radical (unpaired) electrons. The molecule has 4 rings (SSSR count). The van der Waals surface area contributed by atoms with Crippen LogP contribution in [0.1, 0.15) is 23.9 Å². The summed E-state index contributed by atoms with van der Waals surface area (Å²) in [6.07, 6.45) is 2.29. The fourth-order valence-electron chi connectivity index (χ4n) is 3.20. The number of nitrogens with zero attached hydrogens (tertiary/aromatic N) is 3. The first kappa shape index (κ1) is 18.5. The van der Waals surface area contributed by atoms with Gasteiger partial charge in [0.1, 0.15) is 5.82 Å². The maximum Gasteiger partial charge on any atom is 0.267 e. The van der Waals surface area contributed by atoms with Crippen LogP contribution < -0.4 is 10.3 Å². The maximum absolute atomic E-state index is 13.5. The number of aryl methyl sites for hydroxylation is 1. The van der Waals surface area contributed by atoms with Crippen LogP contribution in [0, 0.1) is 11.8 Å². The zero-order chi connectivity index (χ0) is 20.2. The van der Waals surface area contributed by atoms with Crippen LogP contribution in [-0.2, 0) is 6.42 Å². The lowest BCUT2D eigenvalue weighted by atomic mass is 10.1. The zero-order valence-electron chi connectivity index (χ0n) is 16.2. The van der Waals surface area contributed by atoms with Crippen LogP contribution in [0.25, 0.3) is 16.6 Å². The van der Waals surface area contributed by atoms with Gasteiger partial charge >= 0.3 is 0 Å². The van der Waals surface area contributed by atoms with Crippen molar-refractivity contribution in [1.82, 2.24) is 14.5 Å². The second kappa shape index (κ2) is 7.99. The van der Waals surface area contributed by atoms with Crippen molar-refractivity contribution in [3.05, 3.63) is 94.2 Å². The van der Waals surface area contributed by atoms with E-state index in [0.717, 1.165) is 17.1 Å². The molecular weight excluding hydrogens is 362 g/mol. The number of hydrogen-bond donors (Lipinski definition) is 0. The van der Waals surface area contributed by atoms with Crippen LogP contribution in [-0.4, -0.2) is 21.6 Å². The molecule has 0 N–H and O–H groups in total. The summed E-state index contributed by atoms with van der Waals surface area (Å²) in [4.78, 5) is 22.3. The van der Waals surface area contributed by atoms with Crippen LogP contribution in [0.3, 0.4) is 0 Å². The molecule has 2 heterocycles. The third-order valence-electron chi connectivity index (χ3n) is 4.58. The van der Waals surface area contributed by atoms with E-state index in [1.807, 2.05) is 55.5 Å². The molecule has 0 unspecified atom stereocenters. The molecule has 0 saturated carbocycles. The molecule has 0 saturated heterocycles. The minimum absolute atomic E-state index is 0.116. The largest absolute Gasteiger partial charge is 0.481 e. The van der Waals surface area contributed by atoms with Crippen LogP contribution in [0.15, 0.2) is 71.7 Å². The van der Waals surface area contributed by atoms with E-state index in [4.69, 9.17) is 9.72 Å². The van der Waals surface area contributed by atoms with Gasteiger partial charge in [-0.15, -0.1) is 0 Å². The molecule has 0 spiro atoms. The molecule has 2 aromatic heterocycles. The molecule has 0 aliphatic heterocycles. The van der Waals surface area contributed by atoms with Gasteiger partial charge in [0.05, 0.1) is 23.7 Å². The highest BCUT2D eigenvalue weighted by atomic mass is 16.5. The second-order valence-corrected chi connectivity index (χ2v) is 6.39. The standard InChI is InChI=1S/C24H19N3O2/c1-3-21-26-20-11-7-8-18(13-12-17-14-15-25-22(16-17)29-2)23(20)24(28)27(21)19-9-5-4-6-10-19/h4-11,14-16H,3H2,1-2H3. The lowest BCUT2D eigenvalue weighted by Gasteiger charge is -2.13. The number of pyridine rings is 1. The number of methoxy groups -OCH3 is 1. The van der Waals surface area contributed by atoms with Gasteiger partial charge in [0, 0.05) is 29.8 Å². The van der Waals surface area contributed by atoms with Gasteiger partial charge in [-0.2, -0.15) is 0 Å². The van der Waals surface area contributed by atoms with E-state index in [1.165, 1.54) is 0 Å². The fraction of sp³-hybridized carbons (Fsp3) is 0.125. The lowest BCUT2D eigenvalue weighted by Crippen LogP contribution is -2.24. The fourth-order valence-corrected chi connectivity index (χ4v) is 3.20. The molecule has 0 bridgehead atoms. The average molecular weight is 381 g/mol. The minimum atomic E-state index is -0.116. The number of hydrogen-bond acceptors (Lipinski definition) is 4. The Balaban J connectivity index is 1.93. The zero-order valence-corrected chi connectivity index (χ0v) is 16.2. The molecular formula is C24H19N3O2. The van der Waals surface area contributed by atoms with Gasteiger partial charge in [0.25, 0.3) is 5.56 Å². The van der Waals surface area contributed by atoms with Crippen molar-refractivity contribution >= 4 is 10.9 Å². The van der Waals surface area contributed by atoms with Gasteiger partial charge in [-0.05, 0) is 30.3 Å². The molecule has 29 heavy (non-hydrogen) atoms. The Bertz CT molecular complexity index is 1300. The van der Waals surface area contributed by atoms with Gasteiger partial charge < -0.3 is 4.74 Å². The van der Waals surface area contributed by atoms with E-state index < -0.39 is 0 Å². The van der Waals surface area contributed by atoms with Gasteiger partial charge in [-0.3, -0.25) is 9.36 Å². The summed E-state index contributed by atoms with van der Waals surface area (Å²) in [5, 5.41) is 0.516. The third kappa shape index (κ3) is 3.61. The summed E-state index contributed by atoms with van der Waals surface area (Å²) in [6.45, 7) is 1.99. The summed E-state index contributed by atoms with van der Waals surface area (Å²) in [5.41, 5.74) is 2.73. The van der Waals surface area contributed by atoms with E-state index >= 15 is 0 Å². The van der Waals surface area contributed by atoms with Crippen molar-refractivity contribution in [3.8, 4) is 23.4 Å². The Labute approximate surface area is 168 Å². The van der Waals surface area contributed by atoms with E-state index in [1.54, 1.807) is 30.0 Å². The molecule has 0 aliphatic rings. The first-order chi connectivity index (χ1) is 14.2. The van der Waals surface area contributed by atoms with Gasteiger partial charge in [-0.25, -0.2) is 9.97 Å². The van der Waals surface area contributed by atoms with E-state index in [2.05, 4.69) is 16.8 Å². The Kier molecular flexibility index (Phi) is 5.08. The quantitative estimate of drug-likeness (QED) is 0.507. The Morgan fingerprint density at radius 2 is 1.86 bits per heavy atom. The molecule has 0 atom stereocenters. The number of rotatable bonds is 3. The molecule has 4 aromatic rings. The average Bonchev–Trinajstić information content (AvgIpc) is 2.78. The SMILES string of the molecule is CCc1nc2cccc(C#Cc3ccnc(OC)c3)c2c(=O)n1-c1ccccc1. The highest BCUT2D eigenvalue weighted by Gasteiger charge is 2.13. The summed E-state index contributed by atoms with van der Waals surface area (Å²) < 4.78 is 6.81. The van der Waals surface area contributed by atoms with Crippen molar-refractivity contribution in [2.45, 2.75) is 13.3 Å². The normalized spacial score (nSPS) is 10.4. The van der Waals surface area contributed by atoms with Crippen molar-refractivity contribution < 1.29 is 4.74 Å². The summed E-state index contributed by atoms with van der Waals surface area (Å²) in [6, 6.07) is 18.7. The Hall–Kier alpha value is -3.91. The van der Waals surface area contributed by atoms with Crippen LogP contribution in [0.4, 0.5) is 0 Å². The Morgan fingerprint density at radius 3 is 2.62 bits per heavy atom. The van der Waals surface area contributed by atoms with Gasteiger partial charge in [0.15, 0.2) is 0 Å². The van der Waals surface area contributed by atoms with Crippen LogP contribution in [0.5, 0.6) is 5.88 Å². The summed E-state index contributed by atoms with van der Waals surface area (Å²) in [7, 11) is 1.56. The predicted octanol–water partition coefficient (Wildman–Crippen LogP) is 3.75. The maximum atomic E-state index is 13.5. The summed E-state index contributed by atoms with van der Waals surface area (Å²) in [5.74, 6) is 7.44. The van der Waals surface area contributed by atoms with Gasteiger partial charge in [-0.1, -0.05) is 43.0 Å². The number of para-hydroxylation sites is 1. The Morgan fingerprint density at radius 1 is 1.03 bits per heavy atom. The highest BCUT2D eigenvalue weighted by molar-refractivity contribution is 5.84. The van der Waals surface area contributed by atoms with Crippen molar-refractivity contribution in [3.63, 3.8) is 0 Å². The molecule has 142 valence electrons. The van der Waals surface area contributed by atoms with Crippen molar-refractivity contribution in [1.29, 1.82) is 0 Å². The molecule has 0 amide bonds. The van der Waals surface area contributed by atoms with Crippen LogP contribution >= 0.6 is 0 Å². The lowest BCUT2D eigenvalue weighted by molar-refractivity contribution is 0.398. The number of benzene rings is 2. The van der Waals surface area contributed by atoms with Crippen LogP contribution in [0.2, 0.25) is 0 Å². The van der Waals surface area contributed by atoms with E-state index in [9.17, 15) is 4.79 Å². The number of aromatic nitrogens is 3. The van der Waals surface area contributed by atoms with E-state index in [-0.39, 0.29) is 5.56 Å². The molecule has 5 heteroatoms. The third-order valence-corrected chi connectivity index (χ3v) is 4.58. The van der Waals surface area contributed by atoms with Crippen molar-refractivity contribution in [2.75, 3.05) is 7.11 Å². The summed E-state index contributed by atoms with van der Waals surface area (Å²) >= 11 is 0. The molecule has 0 fully saturated rings. The molecule has 2 aromatic carbocycles. The predicted molar refractivity (Wildman–Crippen MR) is 113 cm³/mol. The van der Waals surface area contributed by atoms with Crippen molar-refractivity contribution in [2.24, 2.45) is 0 Å². The van der Waals surface area contributed by atoms with Gasteiger partial charge in [0.2, 0.25) is 5.88 Å².